The van der Waals surface area contributed by atoms with E-state index in [0.717, 1.165) is 52.1 Å². The van der Waals surface area contributed by atoms with E-state index in [-0.39, 0.29) is 17.7 Å². The Hall–Kier alpha value is -3.05. The topological polar surface area (TPSA) is 58.6 Å². The summed E-state index contributed by atoms with van der Waals surface area (Å²) < 4.78 is 5.55. The summed E-state index contributed by atoms with van der Waals surface area (Å²) >= 11 is 6.40. The summed E-state index contributed by atoms with van der Waals surface area (Å²) in [5.41, 5.74) is 1.87. The van der Waals surface area contributed by atoms with Gasteiger partial charge >= 0.3 is 0 Å². The lowest BCUT2D eigenvalue weighted by molar-refractivity contribution is -0.131. The van der Waals surface area contributed by atoms with E-state index in [0.29, 0.717) is 32.2 Å². The smallest absolute Gasteiger partial charge is 0.222 e. The van der Waals surface area contributed by atoms with Crippen LogP contribution in [-0.2, 0) is 16.0 Å². The predicted octanol–water partition coefficient (Wildman–Crippen LogP) is 5.49. The first-order valence-electron chi connectivity index (χ1n) is 12.4. The molecule has 6 heteroatoms. The molecule has 2 aliphatic heterocycles. The van der Waals surface area contributed by atoms with E-state index < -0.39 is 5.54 Å². The number of hydrogen-bond acceptors (Lipinski definition) is 3. The van der Waals surface area contributed by atoms with Gasteiger partial charge in [-0.15, -0.1) is 0 Å². The number of carbonyl (C=O) groups is 2. The second-order valence-corrected chi connectivity index (χ2v) is 10.2. The van der Waals surface area contributed by atoms with E-state index in [4.69, 9.17) is 16.3 Å². The predicted molar refractivity (Wildman–Crippen MR) is 139 cm³/mol. The minimum atomic E-state index is -0.411. The Bertz CT molecular complexity index is 1260. The van der Waals surface area contributed by atoms with Crippen LogP contribution in [0.25, 0.3) is 10.8 Å². The van der Waals surface area contributed by atoms with Gasteiger partial charge < -0.3 is 15.0 Å². The molecular weight excluding hydrogens is 460 g/mol. The van der Waals surface area contributed by atoms with Crippen LogP contribution >= 0.6 is 11.6 Å². The number of carbonyl (C=O) groups excluding carboxylic acids is 2. The van der Waals surface area contributed by atoms with E-state index in [9.17, 15) is 9.59 Å². The quantitative estimate of drug-likeness (QED) is 0.476. The molecule has 2 heterocycles. The van der Waals surface area contributed by atoms with Gasteiger partial charge in [-0.2, -0.15) is 0 Å². The molecule has 0 bridgehead atoms. The molecule has 2 unspecified atom stereocenters. The van der Waals surface area contributed by atoms with Crippen molar-refractivity contribution in [2.75, 3.05) is 20.2 Å². The lowest BCUT2D eigenvalue weighted by Crippen LogP contribution is -2.44. The van der Waals surface area contributed by atoms with Gasteiger partial charge in [0.15, 0.2) is 0 Å². The summed E-state index contributed by atoms with van der Waals surface area (Å²) in [7, 11) is 1.68. The summed E-state index contributed by atoms with van der Waals surface area (Å²) in [4.78, 5) is 27.5. The van der Waals surface area contributed by atoms with Crippen molar-refractivity contribution in [2.45, 2.75) is 50.0 Å². The van der Waals surface area contributed by atoms with Crippen LogP contribution < -0.4 is 10.1 Å². The SMILES string of the molecule is COc1ccc(CC2(CCC(=O)N3CCC(c4ccccc4Cl)C3)CCC(=O)N2)c2ccccc12. The largest absolute Gasteiger partial charge is 0.496 e. The van der Waals surface area contributed by atoms with E-state index in [2.05, 4.69) is 29.6 Å². The maximum atomic E-state index is 13.2. The fraction of sp³-hybridized carbons (Fsp3) is 0.379. The summed E-state index contributed by atoms with van der Waals surface area (Å²) in [6, 6.07) is 20.2. The summed E-state index contributed by atoms with van der Waals surface area (Å²) in [5.74, 6) is 1.33. The molecule has 5 nitrogen and oxygen atoms in total. The van der Waals surface area contributed by atoms with Crippen molar-refractivity contribution in [1.29, 1.82) is 0 Å². The van der Waals surface area contributed by atoms with Crippen LogP contribution in [0, 0.1) is 0 Å². The van der Waals surface area contributed by atoms with Gasteiger partial charge in [-0.3, -0.25) is 9.59 Å². The average Bonchev–Trinajstić information content (AvgIpc) is 3.51. The molecule has 35 heavy (non-hydrogen) atoms. The third-order valence-corrected chi connectivity index (χ3v) is 8.01. The average molecular weight is 491 g/mol. The van der Waals surface area contributed by atoms with Crippen LogP contribution in [0.1, 0.15) is 49.1 Å². The molecule has 2 saturated heterocycles. The van der Waals surface area contributed by atoms with Gasteiger partial charge in [0.2, 0.25) is 11.8 Å². The van der Waals surface area contributed by atoms with Gasteiger partial charge in [0, 0.05) is 47.8 Å². The first-order chi connectivity index (χ1) is 17.0. The van der Waals surface area contributed by atoms with Crippen LogP contribution in [0.4, 0.5) is 0 Å². The van der Waals surface area contributed by atoms with Crippen molar-refractivity contribution in [3.63, 3.8) is 0 Å². The number of methoxy groups -OCH3 is 1. The van der Waals surface area contributed by atoms with Crippen LogP contribution in [0.2, 0.25) is 5.02 Å². The maximum Gasteiger partial charge on any atom is 0.222 e. The summed E-state index contributed by atoms with van der Waals surface area (Å²) in [6.07, 6.45) is 3.91. The molecule has 5 rings (SSSR count). The molecule has 182 valence electrons. The van der Waals surface area contributed by atoms with Crippen LogP contribution in [-0.4, -0.2) is 42.5 Å². The lowest BCUT2D eigenvalue weighted by Gasteiger charge is -2.31. The molecule has 2 atom stereocenters. The van der Waals surface area contributed by atoms with Crippen molar-refractivity contribution in [3.05, 3.63) is 76.8 Å². The van der Waals surface area contributed by atoms with Crippen molar-refractivity contribution >= 4 is 34.2 Å². The first kappa shape index (κ1) is 23.7. The molecular formula is C29H31ClN2O3. The first-order valence-corrected chi connectivity index (χ1v) is 12.7. The fourth-order valence-electron chi connectivity index (χ4n) is 5.76. The highest BCUT2D eigenvalue weighted by Gasteiger charge is 2.39. The highest BCUT2D eigenvalue weighted by atomic mass is 35.5. The Labute approximate surface area is 211 Å². The molecule has 0 aliphatic carbocycles. The Kier molecular flexibility index (Phi) is 6.70. The zero-order valence-electron chi connectivity index (χ0n) is 20.1. The molecule has 0 saturated carbocycles. The zero-order chi connectivity index (χ0) is 24.4. The van der Waals surface area contributed by atoms with Gasteiger partial charge in [-0.25, -0.2) is 0 Å². The summed E-state index contributed by atoms with van der Waals surface area (Å²) in [6.45, 7) is 1.45. The molecule has 2 aliphatic rings. The molecule has 1 N–H and O–H groups in total. The summed E-state index contributed by atoms with van der Waals surface area (Å²) in [5, 5.41) is 6.20. The number of amides is 2. The molecule has 0 aromatic heterocycles. The third-order valence-electron chi connectivity index (χ3n) is 7.66. The highest BCUT2D eigenvalue weighted by Crippen LogP contribution is 2.36. The number of likely N-dealkylation sites (tertiary alicyclic amines) is 1. The van der Waals surface area contributed by atoms with Crippen LogP contribution in [0.5, 0.6) is 5.75 Å². The van der Waals surface area contributed by atoms with Gasteiger partial charge in [-0.1, -0.05) is 60.1 Å². The third kappa shape index (κ3) is 4.87. The normalized spacial score (nSPS) is 21.9. The molecule has 3 aromatic carbocycles. The molecule has 2 amide bonds. The maximum absolute atomic E-state index is 13.2. The number of hydrogen-bond donors (Lipinski definition) is 1. The number of rotatable bonds is 7. The molecule has 3 aromatic rings. The Balaban J connectivity index is 1.30. The Morgan fingerprint density at radius 1 is 1.11 bits per heavy atom. The van der Waals surface area contributed by atoms with E-state index >= 15 is 0 Å². The van der Waals surface area contributed by atoms with Crippen molar-refractivity contribution in [2.24, 2.45) is 0 Å². The Morgan fingerprint density at radius 2 is 1.89 bits per heavy atom. The standard InChI is InChI=1S/C29H31ClN2O3/c1-35-26-11-10-20(22-6-2-3-8-24(22)26)18-29(15-12-27(33)31-29)16-13-28(34)32-17-14-21(19-32)23-7-4-5-9-25(23)30/h2-11,21H,12-19H2,1H3,(H,31,33). The van der Waals surface area contributed by atoms with Gasteiger partial charge in [0.1, 0.15) is 5.75 Å². The number of benzene rings is 3. The second kappa shape index (κ2) is 9.90. The minimum absolute atomic E-state index is 0.0650. The minimum Gasteiger partial charge on any atom is -0.496 e. The zero-order valence-corrected chi connectivity index (χ0v) is 20.8. The number of nitrogens with zero attached hydrogens (tertiary/aromatic N) is 1. The number of fused-ring (bicyclic) bond motifs is 1. The van der Waals surface area contributed by atoms with Crippen molar-refractivity contribution < 1.29 is 14.3 Å². The molecule has 0 radical (unpaired) electrons. The lowest BCUT2D eigenvalue weighted by atomic mass is 9.83. The highest BCUT2D eigenvalue weighted by molar-refractivity contribution is 6.31. The monoisotopic (exact) mass is 490 g/mol. The second-order valence-electron chi connectivity index (χ2n) is 9.82. The van der Waals surface area contributed by atoms with E-state index in [1.165, 1.54) is 0 Å². The molecule has 2 fully saturated rings. The van der Waals surface area contributed by atoms with E-state index in [1.807, 2.05) is 41.3 Å². The fourth-order valence-corrected chi connectivity index (χ4v) is 6.05. The van der Waals surface area contributed by atoms with Gasteiger partial charge in [0.25, 0.3) is 0 Å². The van der Waals surface area contributed by atoms with Crippen molar-refractivity contribution in [1.82, 2.24) is 10.2 Å². The van der Waals surface area contributed by atoms with Crippen LogP contribution in [0.3, 0.4) is 0 Å². The van der Waals surface area contributed by atoms with Gasteiger partial charge in [0.05, 0.1) is 7.11 Å². The number of halogens is 1. The van der Waals surface area contributed by atoms with Crippen LogP contribution in [0.15, 0.2) is 60.7 Å². The van der Waals surface area contributed by atoms with E-state index in [1.54, 1.807) is 7.11 Å². The van der Waals surface area contributed by atoms with Gasteiger partial charge in [-0.05, 0) is 54.3 Å². The van der Waals surface area contributed by atoms with Crippen molar-refractivity contribution in [3.8, 4) is 5.75 Å². The molecule has 0 spiro atoms. The Morgan fingerprint density at radius 3 is 2.63 bits per heavy atom. The number of ether oxygens (including phenoxy) is 1. The number of nitrogens with one attached hydrogen (secondary N) is 1.